The van der Waals surface area contributed by atoms with Crippen LogP contribution in [0.25, 0.3) is 27.6 Å². The van der Waals surface area contributed by atoms with Gasteiger partial charge in [0.15, 0.2) is 5.82 Å². The van der Waals surface area contributed by atoms with Crippen molar-refractivity contribution in [2.24, 2.45) is 5.92 Å². The Morgan fingerprint density at radius 2 is 1.86 bits per heavy atom. The summed E-state index contributed by atoms with van der Waals surface area (Å²) in [7, 11) is 0. The fraction of sp³-hybridized carbons (Fsp3) is 0.300. The number of anilines is 1. The van der Waals surface area contributed by atoms with Gasteiger partial charge in [-0.25, -0.2) is 9.07 Å². The van der Waals surface area contributed by atoms with Crippen LogP contribution in [0.4, 0.5) is 10.1 Å². The van der Waals surface area contributed by atoms with Crippen molar-refractivity contribution in [3.05, 3.63) is 94.3 Å². The molecule has 6 rings (SSSR count). The van der Waals surface area contributed by atoms with Gasteiger partial charge in [-0.3, -0.25) is 14.3 Å². The van der Waals surface area contributed by atoms with E-state index >= 15 is 0 Å². The van der Waals surface area contributed by atoms with Gasteiger partial charge in [0, 0.05) is 42.7 Å². The standard InChI is InChI=1S/C30H30FN5O/c1-20-9-12-34(13-10-20)25-16-23-15-22(3-6-27(23)32-18-25)11-14-36-30(37)8-7-29(33-36)35-19-21(2)26-5-4-24(31)17-28(26)35/h3-8,15-20H,9-14H2,1-2H3. The van der Waals surface area contributed by atoms with E-state index in [2.05, 4.69) is 40.1 Å². The molecule has 3 aromatic heterocycles. The predicted octanol–water partition coefficient (Wildman–Crippen LogP) is 5.66. The van der Waals surface area contributed by atoms with Gasteiger partial charge in [0.25, 0.3) is 5.56 Å². The lowest BCUT2D eigenvalue weighted by Crippen LogP contribution is -2.32. The molecule has 0 aliphatic carbocycles. The molecule has 188 valence electrons. The van der Waals surface area contributed by atoms with Crippen molar-refractivity contribution in [3.8, 4) is 5.82 Å². The fourth-order valence-corrected chi connectivity index (χ4v) is 5.29. The number of rotatable bonds is 5. The molecular weight excluding hydrogens is 465 g/mol. The molecule has 0 atom stereocenters. The molecule has 0 spiro atoms. The highest BCUT2D eigenvalue weighted by Gasteiger charge is 2.17. The number of benzene rings is 2. The van der Waals surface area contributed by atoms with Crippen LogP contribution in [0.15, 0.2) is 71.8 Å². The molecule has 5 aromatic rings. The zero-order valence-electron chi connectivity index (χ0n) is 21.2. The zero-order valence-corrected chi connectivity index (χ0v) is 21.2. The molecular formula is C30H30FN5O. The first-order valence-corrected chi connectivity index (χ1v) is 12.9. The summed E-state index contributed by atoms with van der Waals surface area (Å²) in [5.41, 5.74) is 4.87. The second-order valence-corrected chi connectivity index (χ2v) is 10.2. The topological polar surface area (TPSA) is 56.0 Å². The number of aryl methyl sites for hydroxylation is 3. The summed E-state index contributed by atoms with van der Waals surface area (Å²) in [5, 5.41) is 6.69. The van der Waals surface area contributed by atoms with Gasteiger partial charge in [0.2, 0.25) is 0 Å². The Labute approximate surface area is 215 Å². The quantitative estimate of drug-likeness (QED) is 0.316. The predicted molar refractivity (Wildman–Crippen MR) is 146 cm³/mol. The fourth-order valence-electron chi connectivity index (χ4n) is 5.29. The smallest absolute Gasteiger partial charge is 0.266 e. The Bertz CT molecular complexity index is 1660. The van der Waals surface area contributed by atoms with Crippen LogP contribution in [0, 0.1) is 18.7 Å². The monoisotopic (exact) mass is 495 g/mol. The van der Waals surface area contributed by atoms with Crippen LogP contribution in [0.5, 0.6) is 0 Å². The normalized spacial score (nSPS) is 14.6. The Hall–Kier alpha value is -4.00. The lowest BCUT2D eigenvalue weighted by Gasteiger charge is -2.32. The Balaban J connectivity index is 1.25. The average Bonchev–Trinajstić information content (AvgIpc) is 3.23. The molecule has 0 saturated carbocycles. The van der Waals surface area contributed by atoms with Crippen LogP contribution >= 0.6 is 0 Å². The van der Waals surface area contributed by atoms with Gasteiger partial charge in [-0.2, -0.15) is 5.10 Å². The van der Waals surface area contributed by atoms with E-state index in [1.165, 1.54) is 41.4 Å². The summed E-state index contributed by atoms with van der Waals surface area (Å²) in [5.74, 6) is 1.07. The number of halogens is 1. The number of hydrogen-bond acceptors (Lipinski definition) is 4. The van der Waals surface area contributed by atoms with E-state index in [1.54, 1.807) is 12.1 Å². The first kappa shape index (κ1) is 23.4. The summed E-state index contributed by atoms with van der Waals surface area (Å²) in [4.78, 5) is 19.7. The van der Waals surface area contributed by atoms with Crippen molar-refractivity contribution in [1.82, 2.24) is 19.3 Å². The molecule has 6 nitrogen and oxygen atoms in total. The van der Waals surface area contributed by atoms with Crippen LogP contribution in [0.3, 0.4) is 0 Å². The van der Waals surface area contributed by atoms with Crippen LogP contribution in [-0.2, 0) is 13.0 Å². The molecule has 0 bridgehead atoms. The second kappa shape index (κ2) is 9.47. The number of aromatic nitrogens is 4. The van der Waals surface area contributed by atoms with E-state index in [-0.39, 0.29) is 11.4 Å². The van der Waals surface area contributed by atoms with Crippen molar-refractivity contribution < 1.29 is 4.39 Å². The highest BCUT2D eigenvalue weighted by molar-refractivity contribution is 5.85. The number of nitrogens with zero attached hydrogens (tertiary/aromatic N) is 5. The van der Waals surface area contributed by atoms with E-state index < -0.39 is 0 Å². The van der Waals surface area contributed by atoms with Gasteiger partial charge >= 0.3 is 0 Å². The largest absolute Gasteiger partial charge is 0.370 e. The minimum atomic E-state index is -0.302. The molecule has 0 radical (unpaired) electrons. The van der Waals surface area contributed by atoms with Gasteiger partial charge in [-0.05, 0) is 85.7 Å². The maximum atomic E-state index is 14.0. The maximum Gasteiger partial charge on any atom is 0.266 e. The molecule has 2 aromatic carbocycles. The van der Waals surface area contributed by atoms with Crippen molar-refractivity contribution >= 4 is 27.5 Å². The van der Waals surface area contributed by atoms with Crippen LogP contribution in [-0.4, -0.2) is 32.4 Å². The molecule has 4 heterocycles. The van der Waals surface area contributed by atoms with Crippen molar-refractivity contribution in [2.45, 2.75) is 39.7 Å². The molecule has 0 unspecified atom stereocenters. The molecule has 1 aliphatic heterocycles. The molecule has 0 N–H and O–H groups in total. The SMILES string of the molecule is Cc1cn(-c2ccc(=O)n(CCc3ccc4ncc(N5CCC(C)CC5)cc4c3)n2)c2cc(F)ccc12. The molecule has 37 heavy (non-hydrogen) atoms. The summed E-state index contributed by atoms with van der Waals surface area (Å²) in [6.45, 7) is 6.89. The van der Waals surface area contributed by atoms with Gasteiger partial charge in [0.05, 0.1) is 22.9 Å². The second-order valence-electron chi connectivity index (χ2n) is 10.2. The first-order chi connectivity index (χ1) is 17.9. The Morgan fingerprint density at radius 1 is 1.03 bits per heavy atom. The van der Waals surface area contributed by atoms with E-state index in [4.69, 9.17) is 0 Å². The third kappa shape index (κ3) is 4.61. The van der Waals surface area contributed by atoms with E-state index in [9.17, 15) is 9.18 Å². The number of pyridine rings is 1. The molecule has 7 heteroatoms. The highest BCUT2D eigenvalue weighted by atomic mass is 19.1. The van der Waals surface area contributed by atoms with E-state index in [0.29, 0.717) is 18.8 Å². The van der Waals surface area contributed by atoms with Crippen molar-refractivity contribution in [3.63, 3.8) is 0 Å². The molecule has 1 saturated heterocycles. The Kier molecular flexibility index (Phi) is 5.99. The minimum absolute atomic E-state index is 0.160. The summed E-state index contributed by atoms with van der Waals surface area (Å²) >= 11 is 0. The average molecular weight is 496 g/mol. The van der Waals surface area contributed by atoms with Gasteiger partial charge < -0.3 is 4.90 Å². The van der Waals surface area contributed by atoms with Crippen molar-refractivity contribution in [1.29, 1.82) is 0 Å². The first-order valence-electron chi connectivity index (χ1n) is 12.9. The maximum absolute atomic E-state index is 14.0. The van der Waals surface area contributed by atoms with Gasteiger partial charge in [-0.1, -0.05) is 13.0 Å². The Morgan fingerprint density at radius 3 is 2.70 bits per heavy atom. The molecule has 1 fully saturated rings. The molecule has 1 aliphatic rings. The third-order valence-corrected chi connectivity index (χ3v) is 7.56. The minimum Gasteiger partial charge on any atom is -0.370 e. The van der Waals surface area contributed by atoms with Crippen molar-refractivity contribution in [2.75, 3.05) is 18.0 Å². The van der Waals surface area contributed by atoms with Crippen LogP contribution in [0.2, 0.25) is 0 Å². The molecule has 0 amide bonds. The zero-order chi connectivity index (χ0) is 25.5. The summed E-state index contributed by atoms with van der Waals surface area (Å²) in [6.07, 6.45) is 7.00. The van der Waals surface area contributed by atoms with E-state index in [0.717, 1.165) is 51.9 Å². The third-order valence-electron chi connectivity index (χ3n) is 7.56. The lowest BCUT2D eigenvalue weighted by molar-refractivity contribution is 0.438. The van der Waals surface area contributed by atoms with E-state index in [1.807, 2.05) is 30.0 Å². The number of hydrogen-bond donors (Lipinski definition) is 0. The van der Waals surface area contributed by atoms with Gasteiger partial charge in [-0.15, -0.1) is 0 Å². The summed E-state index contributed by atoms with van der Waals surface area (Å²) in [6, 6.07) is 16.5. The van der Waals surface area contributed by atoms with Crippen LogP contribution < -0.4 is 10.5 Å². The number of piperidine rings is 1. The lowest BCUT2D eigenvalue weighted by atomic mass is 9.99. The summed E-state index contributed by atoms with van der Waals surface area (Å²) < 4.78 is 17.3. The highest BCUT2D eigenvalue weighted by Crippen LogP contribution is 2.26. The van der Waals surface area contributed by atoms with Crippen LogP contribution in [0.1, 0.15) is 30.9 Å². The van der Waals surface area contributed by atoms with Gasteiger partial charge in [0.1, 0.15) is 5.82 Å². The number of fused-ring (bicyclic) bond motifs is 2.